The third-order valence-corrected chi connectivity index (χ3v) is 2.96. The molecule has 7 heteroatoms. The Bertz CT molecular complexity index is 611. The van der Waals surface area contributed by atoms with Crippen molar-refractivity contribution in [3.05, 3.63) is 58.3 Å². The minimum absolute atomic E-state index is 0.0292. The summed E-state index contributed by atoms with van der Waals surface area (Å²) < 4.78 is 59.2. The van der Waals surface area contributed by atoms with E-state index in [9.17, 15) is 17.6 Å². The minimum atomic E-state index is -4.73. The van der Waals surface area contributed by atoms with Gasteiger partial charge >= 0.3 is 6.36 Å². The molecule has 0 saturated carbocycles. The summed E-state index contributed by atoms with van der Waals surface area (Å²) in [5, 5.41) is 0. The van der Waals surface area contributed by atoms with Crippen molar-refractivity contribution in [2.24, 2.45) is 0 Å². The van der Waals surface area contributed by atoms with Crippen LogP contribution in [0.4, 0.5) is 17.6 Å². The molecule has 0 unspecified atom stereocenters. The molecule has 0 heterocycles. The van der Waals surface area contributed by atoms with E-state index in [-0.39, 0.29) is 12.4 Å². The average Bonchev–Trinajstić information content (AvgIpc) is 2.38. The molecular formula is C14H9BrF4O2. The Morgan fingerprint density at radius 2 is 1.57 bits per heavy atom. The molecule has 2 nitrogen and oxygen atoms in total. The largest absolute Gasteiger partial charge is 0.573 e. The van der Waals surface area contributed by atoms with Crippen LogP contribution in [-0.4, -0.2) is 6.36 Å². The van der Waals surface area contributed by atoms with Crippen LogP contribution in [0.5, 0.6) is 11.5 Å². The van der Waals surface area contributed by atoms with Crippen LogP contribution in [-0.2, 0) is 6.61 Å². The Labute approximate surface area is 126 Å². The standard InChI is InChI=1S/C14H9BrF4O2/c15-10-2-1-9(13(16)7-10)8-20-11-3-5-12(6-4-11)21-14(17,18)19/h1-7H,8H2. The number of benzene rings is 2. The zero-order valence-electron chi connectivity index (χ0n) is 10.5. The van der Waals surface area contributed by atoms with Crippen LogP contribution < -0.4 is 9.47 Å². The van der Waals surface area contributed by atoms with Gasteiger partial charge < -0.3 is 9.47 Å². The van der Waals surface area contributed by atoms with E-state index in [1.54, 1.807) is 12.1 Å². The van der Waals surface area contributed by atoms with Gasteiger partial charge in [-0.3, -0.25) is 0 Å². The molecule has 0 aliphatic carbocycles. The fourth-order valence-electron chi connectivity index (χ4n) is 1.54. The molecule has 0 N–H and O–H groups in total. The van der Waals surface area contributed by atoms with Gasteiger partial charge in [0, 0.05) is 10.0 Å². The first-order chi connectivity index (χ1) is 9.83. The summed E-state index contributed by atoms with van der Waals surface area (Å²) in [6.07, 6.45) is -4.73. The fraction of sp³-hybridized carbons (Fsp3) is 0.143. The predicted octanol–water partition coefficient (Wildman–Crippen LogP) is 5.07. The number of ether oxygens (including phenoxy) is 2. The molecule has 0 aromatic heterocycles. The first-order valence-electron chi connectivity index (χ1n) is 5.76. The lowest BCUT2D eigenvalue weighted by molar-refractivity contribution is -0.274. The maximum atomic E-state index is 13.5. The Kier molecular flexibility index (Phi) is 4.72. The topological polar surface area (TPSA) is 18.5 Å². The van der Waals surface area contributed by atoms with Crippen molar-refractivity contribution < 1.29 is 27.0 Å². The maximum absolute atomic E-state index is 13.5. The fourth-order valence-corrected chi connectivity index (χ4v) is 1.87. The molecule has 0 fully saturated rings. The first-order valence-corrected chi connectivity index (χ1v) is 6.55. The van der Waals surface area contributed by atoms with E-state index in [1.165, 1.54) is 18.2 Å². The van der Waals surface area contributed by atoms with Crippen LogP contribution in [0.2, 0.25) is 0 Å². The van der Waals surface area contributed by atoms with Crippen molar-refractivity contribution in [2.45, 2.75) is 13.0 Å². The molecule has 21 heavy (non-hydrogen) atoms. The van der Waals surface area contributed by atoms with Crippen LogP contribution >= 0.6 is 15.9 Å². The van der Waals surface area contributed by atoms with E-state index in [4.69, 9.17) is 4.74 Å². The molecule has 0 atom stereocenters. The highest BCUT2D eigenvalue weighted by Crippen LogP contribution is 2.25. The lowest BCUT2D eigenvalue weighted by atomic mass is 10.2. The predicted molar refractivity (Wildman–Crippen MR) is 71.6 cm³/mol. The second-order valence-electron chi connectivity index (χ2n) is 4.04. The molecule has 0 bridgehead atoms. The zero-order valence-corrected chi connectivity index (χ0v) is 12.0. The Hall–Kier alpha value is -1.76. The molecule has 0 amide bonds. The van der Waals surface area contributed by atoms with Gasteiger partial charge in [0.1, 0.15) is 23.9 Å². The Morgan fingerprint density at radius 1 is 0.952 bits per heavy atom. The van der Waals surface area contributed by atoms with Gasteiger partial charge in [-0.25, -0.2) is 4.39 Å². The van der Waals surface area contributed by atoms with Crippen molar-refractivity contribution in [3.8, 4) is 11.5 Å². The second-order valence-corrected chi connectivity index (χ2v) is 4.96. The summed E-state index contributed by atoms with van der Waals surface area (Å²) >= 11 is 3.14. The Balaban J connectivity index is 1.97. The van der Waals surface area contributed by atoms with Gasteiger partial charge in [0.2, 0.25) is 0 Å². The second kappa shape index (κ2) is 6.34. The first kappa shape index (κ1) is 15.6. The monoisotopic (exact) mass is 364 g/mol. The summed E-state index contributed by atoms with van der Waals surface area (Å²) in [7, 11) is 0. The third-order valence-electron chi connectivity index (χ3n) is 2.47. The van der Waals surface area contributed by atoms with Crippen LogP contribution in [0, 0.1) is 5.82 Å². The van der Waals surface area contributed by atoms with Crippen LogP contribution in [0.1, 0.15) is 5.56 Å². The molecule has 0 aliphatic rings. The van der Waals surface area contributed by atoms with E-state index in [0.717, 1.165) is 12.1 Å². The maximum Gasteiger partial charge on any atom is 0.573 e. The molecule has 2 aromatic rings. The Morgan fingerprint density at radius 3 is 2.14 bits per heavy atom. The van der Waals surface area contributed by atoms with E-state index < -0.39 is 12.2 Å². The van der Waals surface area contributed by atoms with Gasteiger partial charge in [-0.2, -0.15) is 0 Å². The summed E-state index contributed by atoms with van der Waals surface area (Å²) in [5.74, 6) is -0.460. The molecule has 0 saturated heterocycles. The molecule has 2 rings (SSSR count). The van der Waals surface area contributed by atoms with E-state index in [1.807, 2.05) is 0 Å². The summed E-state index contributed by atoms with van der Waals surface area (Å²) in [6, 6.07) is 9.42. The van der Waals surface area contributed by atoms with Gasteiger partial charge in [-0.05, 0) is 36.4 Å². The van der Waals surface area contributed by atoms with Gasteiger partial charge in [0.15, 0.2) is 0 Å². The highest BCUT2D eigenvalue weighted by molar-refractivity contribution is 9.10. The molecular weight excluding hydrogens is 356 g/mol. The van der Waals surface area contributed by atoms with Crippen molar-refractivity contribution >= 4 is 15.9 Å². The van der Waals surface area contributed by atoms with Crippen LogP contribution in [0.25, 0.3) is 0 Å². The minimum Gasteiger partial charge on any atom is -0.489 e. The van der Waals surface area contributed by atoms with Gasteiger partial charge in [-0.1, -0.05) is 22.0 Å². The van der Waals surface area contributed by atoms with E-state index >= 15 is 0 Å². The number of hydrogen-bond donors (Lipinski definition) is 0. The van der Waals surface area contributed by atoms with Crippen LogP contribution in [0.3, 0.4) is 0 Å². The average molecular weight is 365 g/mol. The molecule has 0 aliphatic heterocycles. The smallest absolute Gasteiger partial charge is 0.489 e. The van der Waals surface area contributed by atoms with Gasteiger partial charge in [-0.15, -0.1) is 13.2 Å². The van der Waals surface area contributed by atoms with E-state index in [0.29, 0.717) is 15.8 Å². The zero-order chi connectivity index (χ0) is 15.5. The number of halogens is 5. The van der Waals surface area contributed by atoms with Crippen molar-refractivity contribution in [1.82, 2.24) is 0 Å². The summed E-state index contributed by atoms with van der Waals surface area (Å²) in [5.41, 5.74) is 0.341. The van der Waals surface area contributed by atoms with Crippen LogP contribution in [0.15, 0.2) is 46.9 Å². The highest BCUT2D eigenvalue weighted by Gasteiger charge is 2.30. The molecule has 112 valence electrons. The number of rotatable bonds is 4. The number of hydrogen-bond acceptors (Lipinski definition) is 2. The molecule has 0 spiro atoms. The lowest BCUT2D eigenvalue weighted by Crippen LogP contribution is -2.16. The SMILES string of the molecule is Fc1cc(Br)ccc1COc1ccc(OC(F)(F)F)cc1. The molecule has 0 radical (unpaired) electrons. The summed E-state index contributed by atoms with van der Waals surface area (Å²) in [6.45, 7) is -0.0292. The quantitative estimate of drug-likeness (QED) is 0.705. The van der Waals surface area contributed by atoms with Crippen molar-refractivity contribution in [3.63, 3.8) is 0 Å². The molecule has 2 aromatic carbocycles. The van der Waals surface area contributed by atoms with Gasteiger partial charge in [0.25, 0.3) is 0 Å². The highest BCUT2D eigenvalue weighted by atomic mass is 79.9. The van der Waals surface area contributed by atoms with Gasteiger partial charge in [0.05, 0.1) is 0 Å². The lowest BCUT2D eigenvalue weighted by Gasteiger charge is -2.10. The third kappa shape index (κ3) is 4.93. The van der Waals surface area contributed by atoms with Crippen molar-refractivity contribution in [2.75, 3.05) is 0 Å². The van der Waals surface area contributed by atoms with Crippen molar-refractivity contribution in [1.29, 1.82) is 0 Å². The number of alkyl halides is 3. The summed E-state index contributed by atoms with van der Waals surface area (Å²) in [4.78, 5) is 0. The van der Waals surface area contributed by atoms with E-state index in [2.05, 4.69) is 20.7 Å². The normalized spacial score (nSPS) is 11.3.